The van der Waals surface area contributed by atoms with E-state index in [0.717, 1.165) is 12.0 Å². The molecular formula is C19H25NO4S. The van der Waals surface area contributed by atoms with Gasteiger partial charge in [-0.15, -0.1) is 0 Å². The molecule has 0 aliphatic carbocycles. The Balaban J connectivity index is 1.78. The Morgan fingerprint density at radius 3 is 2.64 bits per heavy atom. The van der Waals surface area contributed by atoms with E-state index in [9.17, 15) is 9.00 Å². The molecule has 1 N–H and O–H groups in total. The number of amides is 1. The second-order valence-corrected chi connectivity index (χ2v) is 7.24. The molecule has 6 heteroatoms. The molecule has 2 rings (SSSR count). The lowest BCUT2D eigenvalue weighted by Gasteiger charge is -2.04. The van der Waals surface area contributed by atoms with Crippen molar-refractivity contribution >= 4 is 16.7 Å². The highest BCUT2D eigenvalue weighted by Gasteiger charge is 2.12. The third-order valence-electron chi connectivity index (χ3n) is 3.59. The molecule has 25 heavy (non-hydrogen) atoms. The van der Waals surface area contributed by atoms with Crippen LogP contribution in [0.5, 0.6) is 0 Å². The van der Waals surface area contributed by atoms with Crippen LogP contribution in [-0.4, -0.2) is 29.9 Å². The zero-order valence-corrected chi connectivity index (χ0v) is 15.6. The Labute approximate surface area is 151 Å². The monoisotopic (exact) mass is 363 g/mol. The van der Waals surface area contributed by atoms with Crippen molar-refractivity contribution in [2.24, 2.45) is 0 Å². The van der Waals surface area contributed by atoms with Crippen molar-refractivity contribution in [1.82, 2.24) is 5.32 Å². The fraction of sp³-hybridized carbons (Fsp3) is 0.421. The molecule has 0 saturated heterocycles. The largest absolute Gasteiger partial charge is 0.455 e. The first-order valence-corrected chi connectivity index (χ1v) is 9.92. The van der Waals surface area contributed by atoms with Crippen molar-refractivity contribution in [3.8, 4) is 0 Å². The SMILES string of the molecule is CCOCCCNC(=O)c1ccc(CS(=O)Cc2ccc(C)cc2)o1. The Hall–Kier alpha value is -1.92. The summed E-state index contributed by atoms with van der Waals surface area (Å²) >= 11 is 0. The molecule has 5 nitrogen and oxygen atoms in total. The Kier molecular flexibility index (Phi) is 7.88. The molecular weight excluding hydrogens is 338 g/mol. The summed E-state index contributed by atoms with van der Waals surface area (Å²) in [5.41, 5.74) is 2.21. The minimum atomic E-state index is -1.08. The lowest BCUT2D eigenvalue weighted by Crippen LogP contribution is -2.24. The molecule has 0 fully saturated rings. The number of carbonyl (C=O) groups is 1. The van der Waals surface area contributed by atoms with Crippen molar-refractivity contribution in [2.45, 2.75) is 31.8 Å². The summed E-state index contributed by atoms with van der Waals surface area (Å²) in [6.07, 6.45) is 0.758. The molecule has 1 unspecified atom stereocenters. The number of rotatable bonds is 10. The van der Waals surface area contributed by atoms with Crippen LogP contribution in [0, 0.1) is 6.92 Å². The minimum absolute atomic E-state index is 0.249. The highest BCUT2D eigenvalue weighted by atomic mass is 32.2. The standard InChI is InChI=1S/C19H25NO4S/c1-3-23-12-4-11-20-19(21)18-10-9-17(24-18)14-25(22)13-16-7-5-15(2)6-8-16/h5-10H,3-4,11-14H2,1-2H3,(H,20,21). The van der Waals surface area contributed by atoms with E-state index in [1.165, 1.54) is 5.56 Å². The van der Waals surface area contributed by atoms with Crippen LogP contribution in [0.3, 0.4) is 0 Å². The summed E-state index contributed by atoms with van der Waals surface area (Å²) in [5, 5.41) is 2.78. The second kappa shape index (κ2) is 10.2. The molecule has 0 saturated carbocycles. The maximum Gasteiger partial charge on any atom is 0.286 e. The fourth-order valence-electron chi connectivity index (χ4n) is 2.27. The van der Waals surface area contributed by atoms with Crippen LogP contribution in [0.2, 0.25) is 0 Å². The van der Waals surface area contributed by atoms with Crippen molar-refractivity contribution in [2.75, 3.05) is 19.8 Å². The summed E-state index contributed by atoms with van der Waals surface area (Å²) in [6, 6.07) is 11.3. The topological polar surface area (TPSA) is 68.5 Å². The molecule has 1 heterocycles. The van der Waals surface area contributed by atoms with E-state index < -0.39 is 10.8 Å². The number of hydrogen-bond acceptors (Lipinski definition) is 4. The van der Waals surface area contributed by atoms with Gasteiger partial charge in [0, 0.05) is 36.3 Å². The van der Waals surface area contributed by atoms with Crippen LogP contribution in [0.25, 0.3) is 0 Å². The van der Waals surface area contributed by atoms with Crippen LogP contribution in [0.1, 0.15) is 40.8 Å². The summed E-state index contributed by atoms with van der Waals surface area (Å²) in [5.74, 6) is 1.32. The molecule has 1 atom stereocenters. The minimum Gasteiger partial charge on any atom is -0.455 e. The highest BCUT2D eigenvalue weighted by Crippen LogP contribution is 2.13. The molecule has 0 spiro atoms. The molecule has 1 aromatic carbocycles. The van der Waals surface area contributed by atoms with E-state index in [1.54, 1.807) is 12.1 Å². The summed E-state index contributed by atoms with van der Waals surface area (Å²) < 4.78 is 23.0. The smallest absolute Gasteiger partial charge is 0.286 e. The number of aryl methyl sites for hydroxylation is 1. The third kappa shape index (κ3) is 6.84. The molecule has 2 aromatic rings. The summed E-state index contributed by atoms with van der Waals surface area (Å²) in [7, 11) is -1.08. The number of furan rings is 1. The van der Waals surface area contributed by atoms with E-state index in [1.807, 2.05) is 38.1 Å². The average Bonchev–Trinajstić information content (AvgIpc) is 3.05. The van der Waals surface area contributed by atoms with Crippen LogP contribution in [-0.2, 0) is 27.0 Å². The normalized spacial score (nSPS) is 12.1. The van der Waals surface area contributed by atoms with Gasteiger partial charge in [0.25, 0.3) is 5.91 Å². The average molecular weight is 363 g/mol. The van der Waals surface area contributed by atoms with Crippen LogP contribution < -0.4 is 5.32 Å². The van der Waals surface area contributed by atoms with Crippen molar-refractivity contribution < 1.29 is 18.2 Å². The van der Waals surface area contributed by atoms with Crippen molar-refractivity contribution in [3.63, 3.8) is 0 Å². The van der Waals surface area contributed by atoms with Gasteiger partial charge in [0.05, 0.1) is 5.75 Å². The summed E-state index contributed by atoms with van der Waals surface area (Å²) in [6.45, 7) is 5.79. The van der Waals surface area contributed by atoms with Crippen LogP contribution in [0.4, 0.5) is 0 Å². The molecule has 136 valence electrons. The fourth-order valence-corrected chi connectivity index (χ4v) is 3.40. The first-order valence-electron chi connectivity index (χ1n) is 8.43. The van der Waals surface area contributed by atoms with E-state index in [-0.39, 0.29) is 11.7 Å². The first-order chi connectivity index (χ1) is 12.1. The van der Waals surface area contributed by atoms with Gasteiger partial charge in [-0.2, -0.15) is 0 Å². The molecule has 1 aromatic heterocycles. The Morgan fingerprint density at radius 1 is 1.16 bits per heavy atom. The van der Waals surface area contributed by atoms with Gasteiger partial charge in [-0.3, -0.25) is 9.00 Å². The maximum atomic E-state index is 12.3. The molecule has 0 bridgehead atoms. The second-order valence-electron chi connectivity index (χ2n) is 5.79. The van der Waals surface area contributed by atoms with Crippen LogP contribution in [0.15, 0.2) is 40.8 Å². The Morgan fingerprint density at radius 2 is 1.92 bits per heavy atom. The van der Waals surface area contributed by atoms with E-state index in [2.05, 4.69) is 5.32 Å². The van der Waals surface area contributed by atoms with Gasteiger partial charge in [-0.25, -0.2) is 0 Å². The molecule has 0 aliphatic rings. The lowest BCUT2D eigenvalue weighted by molar-refractivity contribution is 0.0915. The van der Waals surface area contributed by atoms with Gasteiger partial charge >= 0.3 is 0 Å². The van der Waals surface area contributed by atoms with Gasteiger partial charge < -0.3 is 14.5 Å². The zero-order valence-electron chi connectivity index (χ0n) is 14.7. The number of benzene rings is 1. The lowest BCUT2D eigenvalue weighted by atomic mass is 10.2. The molecule has 0 radical (unpaired) electrons. The quantitative estimate of drug-likeness (QED) is 0.658. The van der Waals surface area contributed by atoms with Gasteiger partial charge in [-0.1, -0.05) is 29.8 Å². The van der Waals surface area contributed by atoms with Crippen molar-refractivity contribution in [1.29, 1.82) is 0 Å². The van der Waals surface area contributed by atoms with Crippen molar-refractivity contribution in [3.05, 3.63) is 59.0 Å². The summed E-state index contributed by atoms with van der Waals surface area (Å²) in [4.78, 5) is 12.0. The number of ether oxygens (including phenoxy) is 1. The predicted molar refractivity (Wildman–Crippen MR) is 98.9 cm³/mol. The van der Waals surface area contributed by atoms with E-state index in [0.29, 0.717) is 37.0 Å². The zero-order chi connectivity index (χ0) is 18.1. The van der Waals surface area contributed by atoms with Crippen LogP contribution >= 0.6 is 0 Å². The number of nitrogens with one attached hydrogen (secondary N) is 1. The van der Waals surface area contributed by atoms with Gasteiger partial charge in [0.1, 0.15) is 5.76 Å². The number of carbonyl (C=O) groups excluding carboxylic acids is 1. The highest BCUT2D eigenvalue weighted by molar-refractivity contribution is 7.83. The first kappa shape index (κ1) is 19.4. The van der Waals surface area contributed by atoms with Gasteiger partial charge in [-0.05, 0) is 38.0 Å². The maximum absolute atomic E-state index is 12.3. The predicted octanol–water partition coefficient (Wildman–Crippen LogP) is 3.19. The Bertz CT molecular complexity index is 694. The third-order valence-corrected chi connectivity index (χ3v) is 4.85. The van der Waals surface area contributed by atoms with Gasteiger partial charge in [0.2, 0.25) is 0 Å². The molecule has 0 aliphatic heterocycles. The van der Waals surface area contributed by atoms with E-state index in [4.69, 9.17) is 9.15 Å². The van der Waals surface area contributed by atoms with Gasteiger partial charge in [0.15, 0.2) is 5.76 Å². The number of hydrogen-bond donors (Lipinski definition) is 1. The van der Waals surface area contributed by atoms with E-state index >= 15 is 0 Å². The molecule has 1 amide bonds.